The van der Waals surface area contributed by atoms with Gasteiger partial charge in [-0.05, 0) is 36.8 Å². The number of fused-ring (bicyclic) bond motifs is 1. The molecule has 1 unspecified atom stereocenters. The van der Waals surface area contributed by atoms with Crippen molar-refractivity contribution in [3.8, 4) is 11.5 Å². The van der Waals surface area contributed by atoms with Crippen molar-refractivity contribution in [1.29, 1.82) is 0 Å². The van der Waals surface area contributed by atoms with Gasteiger partial charge in [-0.2, -0.15) is 0 Å². The first-order chi connectivity index (χ1) is 9.24. The lowest BCUT2D eigenvalue weighted by Gasteiger charge is -2.16. The van der Waals surface area contributed by atoms with Gasteiger partial charge in [0, 0.05) is 12.2 Å². The molecule has 2 heterocycles. The van der Waals surface area contributed by atoms with Gasteiger partial charge < -0.3 is 14.8 Å². The molecule has 1 aromatic carbocycles. The molecule has 19 heavy (non-hydrogen) atoms. The molecule has 98 valence electrons. The topological polar surface area (TPSA) is 43.4 Å². The summed E-state index contributed by atoms with van der Waals surface area (Å²) in [5.41, 5.74) is 1.92. The molecule has 0 fully saturated rings. The fourth-order valence-electron chi connectivity index (χ4n) is 1.99. The minimum atomic E-state index is 0.0937. The van der Waals surface area contributed by atoms with Crippen LogP contribution in [0, 0.1) is 0 Å². The molecule has 1 N–H and O–H groups in total. The number of pyridine rings is 1. The summed E-state index contributed by atoms with van der Waals surface area (Å²) in [7, 11) is 0. The average Bonchev–Trinajstić information content (AvgIpc) is 2.88. The van der Waals surface area contributed by atoms with Crippen molar-refractivity contribution >= 4 is 17.3 Å². The second-order valence-electron chi connectivity index (χ2n) is 4.32. The van der Waals surface area contributed by atoms with Crippen molar-refractivity contribution in [2.75, 3.05) is 12.1 Å². The Morgan fingerprint density at radius 3 is 2.95 bits per heavy atom. The van der Waals surface area contributed by atoms with Crippen LogP contribution in [0.4, 0.5) is 5.69 Å². The van der Waals surface area contributed by atoms with Crippen LogP contribution in [0.3, 0.4) is 0 Å². The maximum absolute atomic E-state index is 6.03. The highest BCUT2D eigenvalue weighted by molar-refractivity contribution is 6.31. The minimum Gasteiger partial charge on any atom is -0.454 e. The molecule has 0 radical (unpaired) electrons. The van der Waals surface area contributed by atoms with Crippen molar-refractivity contribution in [3.63, 3.8) is 0 Å². The van der Waals surface area contributed by atoms with Crippen molar-refractivity contribution in [1.82, 2.24) is 4.98 Å². The van der Waals surface area contributed by atoms with Crippen LogP contribution in [0.1, 0.15) is 18.5 Å². The lowest BCUT2D eigenvalue weighted by Crippen LogP contribution is -2.07. The van der Waals surface area contributed by atoms with Gasteiger partial charge in [0.25, 0.3) is 0 Å². The van der Waals surface area contributed by atoms with Gasteiger partial charge >= 0.3 is 0 Å². The van der Waals surface area contributed by atoms with Gasteiger partial charge in [0.1, 0.15) is 0 Å². The molecule has 0 amide bonds. The Balaban J connectivity index is 1.81. The predicted molar refractivity (Wildman–Crippen MR) is 73.8 cm³/mol. The third-order valence-corrected chi connectivity index (χ3v) is 3.33. The van der Waals surface area contributed by atoms with Crippen molar-refractivity contribution < 1.29 is 9.47 Å². The summed E-state index contributed by atoms with van der Waals surface area (Å²) < 4.78 is 10.7. The molecule has 5 heteroatoms. The summed E-state index contributed by atoms with van der Waals surface area (Å²) in [6, 6.07) is 9.75. The summed E-state index contributed by atoms with van der Waals surface area (Å²) in [4.78, 5) is 4.04. The number of hydrogen-bond donors (Lipinski definition) is 1. The van der Waals surface area contributed by atoms with E-state index in [0.717, 1.165) is 22.7 Å². The normalized spacial score (nSPS) is 14.2. The summed E-state index contributed by atoms with van der Waals surface area (Å²) in [5.74, 6) is 1.57. The molecule has 0 aliphatic carbocycles. The highest BCUT2D eigenvalue weighted by Crippen LogP contribution is 2.35. The standard InChI is InChI=1S/C14H13ClN2O2/c1-9(17-11-3-2-6-16-14(11)15)10-4-5-12-13(7-10)19-8-18-12/h2-7,9,17H,8H2,1H3. The van der Waals surface area contributed by atoms with Gasteiger partial charge in [-0.15, -0.1) is 0 Å². The van der Waals surface area contributed by atoms with E-state index in [4.69, 9.17) is 21.1 Å². The highest BCUT2D eigenvalue weighted by Gasteiger charge is 2.16. The molecule has 1 aromatic heterocycles. The Morgan fingerprint density at radius 2 is 2.11 bits per heavy atom. The lowest BCUT2D eigenvalue weighted by atomic mass is 10.1. The number of anilines is 1. The van der Waals surface area contributed by atoms with Crippen molar-refractivity contribution in [2.24, 2.45) is 0 Å². The molecule has 1 aliphatic heterocycles. The zero-order chi connectivity index (χ0) is 13.2. The second-order valence-corrected chi connectivity index (χ2v) is 4.68. The number of halogens is 1. The van der Waals surface area contributed by atoms with E-state index in [1.807, 2.05) is 30.3 Å². The van der Waals surface area contributed by atoms with Crippen LogP contribution in [0.2, 0.25) is 5.15 Å². The Bertz CT molecular complexity index is 604. The number of rotatable bonds is 3. The van der Waals surface area contributed by atoms with Gasteiger partial charge in [-0.25, -0.2) is 4.98 Å². The van der Waals surface area contributed by atoms with Crippen molar-refractivity contribution in [3.05, 3.63) is 47.2 Å². The summed E-state index contributed by atoms with van der Waals surface area (Å²) >= 11 is 6.03. The van der Waals surface area contributed by atoms with E-state index < -0.39 is 0 Å². The SMILES string of the molecule is CC(Nc1cccnc1Cl)c1ccc2c(c1)OCO2. The molecular formula is C14H13ClN2O2. The Labute approximate surface area is 116 Å². The largest absolute Gasteiger partial charge is 0.454 e. The van der Waals surface area contributed by atoms with Crippen LogP contribution >= 0.6 is 11.6 Å². The van der Waals surface area contributed by atoms with E-state index >= 15 is 0 Å². The smallest absolute Gasteiger partial charge is 0.231 e. The zero-order valence-electron chi connectivity index (χ0n) is 10.4. The molecule has 0 spiro atoms. The number of benzene rings is 1. The van der Waals surface area contributed by atoms with Gasteiger partial charge in [0.15, 0.2) is 16.7 Å². The molecule has 0 bridgehead atoms. The van der Waals surface area contributed by atoms with E-state index in [0.29, 0.717) is 5.15 Å². The monoisotopic (exact) mass is 276 g/mol. The molecular weight excluding hydrogens is 264 g/mol. The third kappa shape index (κ3) is 2.44. The third-order valence-electron chi connectivity index (χ3n) is 3.03. The Morgan fingerprint density at radius 1 is 1.26 bits per heavy atom. The predicted octanol–water partition coefficient (Wildman–Crippen LogP) is 3.64. The molecule has 2 aromatic rings. The fourth-order valence-corrected chi connectivity index (χ4v) is 2.17. The number of aromatic nitrogens is 1. The van der Waals surface area contributed by atoms with E-state index in [-0.39, 0.29) is 12.8 Å². The molecule has 1 atom stereocenters. The first-order valence-electron chi connectivity index (χ1n) is 6.00. The average molecular weight is 277 g/mol. The van der Waals surface area contributed by atoms with Crippen LogP contribution in [0.5, 0.6) is 11.5 Å². The first kappa shape index (κ1) is 12.1. The summed E-state index contributed by atoms with van der Waals surface area (Å²) in [6.45, 7) is 2.34. The minimum absolute atomic E-state index is 0.0937. The van der Waals surface area contributed by atoms with Gasteiger partial charge in [0.2, 0.25) is 6.79 Å². The van der Waals surface area contributed by atoms with Crippen molar-refractivity contribution in [2.45, 2.75) is 13.0 Å². The lowest BCUT2D eigenvalue weighted by molar-refractivity contribution is 0.174. The quantitative estimate of drug-likeness (QED) is 0.869. The number of nitrogens with zero attached hydrogens (tertiary/aromatic N) is 1. The van der Waals surface area contributed by atoms with Crippen LogP contribution < -0.4 is 14.8 Å². The van der Waals surface area contributed by atoms with E-state index in [1.54, 1.807) is 6.20 Å². The number of nitrogens with one attached hydrogen (secondary N) is 1. The molecule has 3 rings (SSSR count). The van der Waals surface area contributed by atoms with Crippen LogP contribution in [-0.4, -0.2) is 11.8 Å². The molecule has 0 saturated carbocycles. The van der Waals surface area contributed by atoms with E-state index in [2.05, 4.69) is 17.2 Å². The van der Waals surface area contributed by atoms with Crippen LogP contribution in [0.15, 0.2) is 36.5 Å². The van der Waals surface area contributed by atoms with E-state index in [9.17, 15) is 0 Å². The molecule has 1 aliphatic rings. The zero-order valence-corrected chi connectivity index (χ0v) is 11.1. The molecule has 0 saturated heterocycles. The second kappa shape index (κ2) is 4.97. The maximum atomic E-state index is 6.03. The number of ether oxygens (including phenoxy) is 2. The Hall–Kier alpha value is -1.94. The van der Waals surface area contributed by atoms with Crippen LogP contribution in [-0.2, 0) is 0 Å². The highest BCUT2D eigenvalue weighted by atomic mass is 35.5. The van der Waals surface area contributed by atoms with Crippen LogP contribution in [0.25, 0.3) is 0 Å². The van der Waals surface area contributed by atoms with Gasteiger partial charge in [-0.1, -0.05) is 17.7 Å². The van der Waals surface area contributed by atoms with Gasteiger partial charge in [0.05, 0.1) is 5.69 Å². The number of hydrogen-bond acceptors (Lipinski definition) is 4. The summed E-state index contributed by atoms with van der Waals surface area (Å²) in [6.07, 6.45) is 1.67. The van der Waals surface area contributed by atoms with Gasteiger partial charge in [-0.3, -0.25) is 0 Å². The maximum Gasteiger partial charge on any atom is 0.231 e. The first-order valence-corrected chi connectivity index (χ1v) is 6.38. The molecule has 4 nitrogen and oxygen atoms in total. The fraction of sp³-hybridized carbons (Fsp3) is 0.214. The van der Waals surface area contributed by atoms with E-state index in [1.165, 1.54) is 0 Å². The Kier molecular flexibility index (Phi) is 3.17. The summed E-state index contributed by atoms with van der Waals surface area (Å²) in [5, 5.41) is 3.79.